The summed E-state index contributed by atoms with van der Waals surface area (Å²) < 4.78 is 13.2. The Morgan fingerprint density at radius 3 is 2.67 bits per heavy atom. The van der Waals surface area contributed by atoms with E-state index in [0.29, 0.717) is 16.5 Å². The maximum Gasteiger partial charge on any atom is 0.254 e. The Balaban J connectivity index is 1.69. The lowest BCUT2D eigenvalue weighted by Crippen LogP contribution is -2.33. The Labute approximate surface area is 165 Å². The molecule has 1 heterocycles. The number of nitrogens with zero attached hydrogens (tertiary/aromatic N) is 2. The van der Waals surface area contributed by atoms with Crippen molar-refractivity contribution in [2.24, 2.45) is 4.99 Å². The first kappa shape index (κ1) is 19.4. The topological polar surface area (TPSA) is 61.8 Å². The zero-order chi connectivity index (χ0) is 19.6. The number of amidine groups is 1. The number of aliphatic imine (C=N–C) groups is 1. The number of hydrogen-bond donors (Lipinski definition) is 1. The second kappa shape index (κ2) is 8.10. The van der Waals surface area contributed by atoms with Gasteiger partial charge in [0.15, 0.2) is 5.17 Å². The van der Waals surface area contributed by atoms with Crippen molar-refractivity contribution in [3.63, 3.8) is 0 Å². The number of carbonyl (C=O) groups is 2. The van der Waals surface area contributed by atoms with Gasteiger partial charge in [0.1, 0.15) is 12.4 Å². The van der Waals surface area contributed by atoms with Crippen LogP contribution in [-0.2, 0) is 9.59 Å². The second-order valence-corrected chi connectivity index (χ2v) is 7.76. The minimum absolute atomic E-state index is 0.0537. The highest BCUT2D eigenvalue weighted by Gasteiger charge is 2.30. The average Bonchev–Trinajstić information content (AvgIpc) is 2.99. The molecule has 0 aromatic heterocycles. The molecule has 0 spiro atoms. The maximum atomic E-state index is 13.2. The first-order valence-corrected chi connectivity index (χ1v) is 9.47. The molecule has 0 radical (unpaired) electrons. The minimum Gasteiger partial charge on any atom is -0.325 e. The third-order valence-electron chi connectivity index (χ3n) is 3.92. The zero-order valence-corrected chi connectivity index (χ0v) is 16.3. The predicted octanol–water partition coefficient (Wildman–Crippen LogP) is 4.25. The van der Waals surface area contributed by atoms with Crippen molar-refractivity contribution < 1.29 is 14.0 Å². The maximum absolute atomic E-state index is 13.2. The van der Waals surface area contributed by atoms with Crippen LogP contribution in [0.3, 0.4) is 0 Å². The van der Waals surface area contributed by atoms with Crippen LogP contribution in [0.2, 0.25) is 5.02 Å². The number of carbonyl (C=O) groups excluding carboxylic acids is 2. The van der Waals surface area contributed by atoms with E-state index < -0.39 is 11.1 Å². The molecule has 1 N–H and O–H groups in total. The van der Waals surface area contributed by atoms with Gasteiger partial charge in [-0.1, -0.05) is 41.1 Å². The molecule has 140 valence electrons. The number of rotatable bonds is 4. The summed E-state index contributed by atoms with van der Waals surface area (Å²) in [7, 11) is 0. The van der Waals surface area contributed by atoms with Gasteiger partial charge in [0.25, 0.3) is 5.91 Å². The molecular formula is C19H17ClFN3O2S. The molecule has 0 bridgehead atoms. The van der Waals surface area contributed by atoms with E-state index in [0.717, 1.165) is 5.56 Å². The molecule has 2 amide bonds. The number of hydrogen-bond acceptors (Lipinski definition) is 4. The lowest BCUT2D eigenvalue weighted by molar-refractivity contribution is -0.116. The van der Waals surface area contributed by atoms with Crippen molar-refractivity contribution in [2.75, 3.05) is 16.8 Å². The lowest BCUT2D eigenvalue weighted by Gasteiger charge is -2.20. The zero-order valence-electron chi connectivity index (χ0n) is 14.7. The second-order valence-electron chi connectivity index (χ2n) is 6.04. The molecule has 1 aliphatic heterocycles. The summed E-state index contributed by atoms with van der Waals surface area (Å²) in [6.45, 7) is 3.73. The smallest absolute Gasteiger partial charge is 0.254 e. The molecule has 27 heavy (non-hydrogen) atoms. The molecule has 1 atom stereocenters. The fourth-order valence-electron chi connectivity index (χ4n) is 2.45. The quantitative estimate of drug-likeness (QED) is 0.827. The average molecular weight is 406 g/mol. The van der Waals surface area contributed by atoms with E-state index in [1.165, 1.54) is 34.9 Å². The molecule has 8 heteroatoms. The van der Waals surface area contributed by atoms with Crippen LogP contribution in [0.15, 0.2) is 47.5 Å². The van der Waals surface area contributed by atoms with Gasteiger partial charge in [-0.05, 0) is 44.2 Å². The van der Waals surface area contributed by atoms with E-state index >= 15 is 0 Å². The SMILES string of the molecule is Cc1ccc(N2C(=O)CN=C2S[C@H](C)C(=O)Nc2ccc(F)c(Cl)c2)cc1. The van der Waals surface area contributed by atoms with E-state index in [1.807, 2.05) is 31.2 Å². The fourth-order valence-corrected chi connectivity index (χ4v) is 3.57. The summed E-state index contributed by atoms with van der Waals surface area (Å²) in [5.41, 5.74) is 2.20. The van der Waals surface area contributed by atoms with Gasteiger partial charge in [-0.25, -0.2) is 4.39 Å². The molecule has 0 unspecified atom stereocenters. The summed E-state index contributed by atoms with van der Waals surface area (Å²) in [6.07, 6.45) is 0. The van der Waals surface area contributed by atoms with Crippen molar-refractivity contribution >= 4 is 51.7 Å². The number of anilines is 2. The van der Waals surface area contributed by atoms with Gasteiger partial charge >= 0.3 is 0 Å². The van der Waals surface area contributed by atoms with Crippen molar-refractivity contribution in [1.29, 1.82) is 0 Å². The summed E-state index contributed by atoms with van der Waals surface area (Å²) in [5.74, 6) is -0.988. The number of halogens is 2. The van der Waals surface area contributed by atoms with Gasteiger partial charge in [-0.3, -0.25) is 19.5 Å². The number of benzene rings is 2. The van der Waals surface area contributed by atoms with Crippen LogP contribution >= 0.6 is 23.4 Å². The number of aryl methyl sites for hydroxylation is 1. The Morgan fingerprint density at radius 1 is 1.30 bits per heavy atom. The van der Waals surface area contributed by atoms with E-state index in [4.69, 9.17) is 11.6 Å². The van der Waals surface area contributed by atoms with Crippen LogP contribution in [0.1, 0.15) is 12.5 Å². The van der Waals surface area contributed by atoms with E-state index in [1.54, 1.807) is 6.92 Å². The monoisotopic (exact) mass is 405 g/mol. The molecule has 3 rings (SSSR count). The first-order chi connectivity index (χ1) is 12.8. The molecular weight excluding hydrogens is 389 g/mol. The van der Waals surface area contributed by atoms with E-state index in [-0.39, 0.29) is 23.4 Å². The Morgan fingerprint density at radius 2 is 2.00 bits per heavy atom. The van der Waals surface area contributed by atoms with E-state index in [2.05, 4.69) is 10.3 Å². The number of nitrogens with one attached hydrogen (secondary N) is 1. The van der Waals surface area contributed by atoms with Crippen LogP contribution in [0.4, 0.5) is 15.8 Å². The summed E-state index contributed by atoms with van der Waals surface area (Å²) in [6, 6.07) is 11.5. The molecule has 1 aliphatic rings. The third-order valence-corrected chi connectivity index (χ3v) is 5.30. The Kier molecular flexibility index (Phi) is 5.82. The highest BCUT2D eigenvalue weighted by atomic mass is 35.5. The third kappa shape index (κ3) is 4.48. The van der Waals surface area contributed by atoms with Gasteiger partial charge in [0, 0.05) is 5.69 Å². The molecule has 0 saturated carbocycles. The van der Waals surface area contributed by atoms with Crippen molar-refractivity contribution in [1.82, 2.24) is 0 Å². The largest absolute Gasteiger partial charge is 0.325 e. The van der Waals surface area contributed by atoms with Crippen molar-refractivity contribution in [3.05, 3.63) is 58.9 Å². The van der Waals surface area contributed by atoms with Crippen LogP contribution in [0, 0.1) is 12.7 Å². The molecule has 0 aliphatic carbocycles. The van der Waals surface area contributed by atoms with Crippen molar-refractivity contribution in [2.45, 2.75) is 19.1 Å². The summed E-state index contributed by atoms with van der Waals surface area (Å²) in [4.78, 5) is 30.4. The summed E-state index contributed by atoms with van der Waals surface area (Å²) in [5, 5.41) is 2.58. The predicted molar refractivity (Wildman–Crippen MR) is 108 cm³/mol. The summed E-state index contributed by atoms with van der Waals surface area (Å²) >= 11 is 6.92. The van der Waals surface area contributed by atoms with Crippen molar-refractivity contribution in [3.8, 4) is 0 Å². The van der Waals surface area contributed by atoms with Crippen LogP contribution < -0.4 is 10.2 Å². The Hall–Kier alpha value is -2.38. The fraction of sp³-hybridized carbons (Fsp3) is 0.211. The molecule has 2 aromatic rings. The van der Waals surface area contributed by atoms with Gasteiger partial charge in [0.05, 0.1) is 16.0 Å². The molecule has 0 fully saturated rings. The van der Waals surface area contributed by atoms with Gasteiger partial charge in [0.2, 0.25) is 5.91 Å². The van der Waals surface area contributed by atoms with Gasteiger partial charge < -0.3 is 5.32 Å². The lowest BCUT2D eigenvalue weighted by atomic mass is 10.2. The molecule has 2 aromatic carbocycles. The minimum atomic E-state index is -0.551. The molecule has 0 saturated heterocycles. The van der Waals surface area contributed by atoms with Gasteiger partial charge in [-0.15, -0.1) is 0 Å². The number of amides is 2. The normalized spacial score (nSPS) is 14.9. The number of thioether (sulfide) groups is 1. The Bertz CT molecular complexity index is 918. The van der Waals surface area contributed by atoms with Gasteiger partial charge in [-0.2, -0.15) is 0 Å². The van der Waals surface area contributed by atoms with E-state index in [9.17, 15) is 14.0 Å². The highest BCUT2D eigenvalue weighted by molar-refractivity contribution is 8.15. The van der Waals surface area contributed by atoms with Crippen LogP contribution in [-0.4, -0.2) is 28.8 Å². The highest BCUT2D eigenvalue weighted by Crippen LogP contribution is 2.27. The van der Waals surface area contributed by atoms with Crippen LogP contribution in [0.5, 0.6) is 0 Å². The van der Waals surface area contributed by atoms with Crippen LogP contribution in [0.25, 0.3) is 0 Å². The molecule has 5 nitrogen and oxygen atoms in total. The standard InChI is InChI=1S/C19H17ClFN3O2S/c1-11-3-6-14(7-4-11)24-17(25)10-22-19(24)27-12(2)18(26)23-13-5-8-16(21)15(20)9-13/h3-9,12H,10H2,1-2H3,(H,23,26)/t12-/m1/s1. The first-order valence-electron chi connectivity index (χ1n) is 8.22.